The van der Waals surface area contributed by atoms with Crippen molar-refractivity contribution in [3.63, 3.8) is 0 Å². The molecule has 0 amide bonds. The second-order valence-electron chi connectivity index (χ2n) is 3.80. The molecule has 2 aromatic rings. The molecule has 0 unspecified atom stereocenters. The van der Waals surface area contributed by atoms with Crippen molar-refractivity contribution in [1.29, 1.82) is 0 Å². The number of pyridine rings is 1. The predicted octanol–water partition coefficient (Wildman–Crippen LogP) is 2.72. The first-order valence-corrected chi connectivity index (χ1v) is 5.60. The molecule has 3 heteroatoms. The Morgan fingerprint density at radius 1 is 1.12 bits per heavy atom. The van der Waals surface area contributed by atoms with Gasteiger partial charge in [-0.2, -0.15) is 0 Å². The zero-order valence-electron chi connectivity index (χ0n) is 9.76. The van der Waals surface area contributed by atoms with Crippen molar-refractivity contribution in [2.45, 2.75) is 13.3 Å². The van der Waals surface area contributed by atoms with Crippen LogP contribution in [0.25, 0.3) is 0 Å². The summed E-state index contributed by atoms with van der Waals surface area (Å²) in [6.45, 7) is 2.04. The number of para-hydroxylation sites is 1. The van der Waals surface area contributed by atoms with Gasteiger partial charge in [-0.3, -0.25) is 0 Å². The van der Waals surface area contributed by atoms with Crippen molar-refractivity contribution in [1.82, 2.24) is 4.98 Å². The quantitative estimate of drug-likeness (QED) is 0.876. The summed E-state index contributed by atoms with van der Waals surface area (Å²) in [6.07, 6.45) is 0.585. The lowest BCUT2D eigenvalue weighted by Gasteiger charge is -2.09. The van der Waals surface area contributed by atoms with E-state index in [-0.39, 0.29) is 6.61 Å². The molecule has 1 aromatic carbocycles. The standard InChI is InChI=1S/C14H15NO2/c1-11-5-4-8-14(15-11)17-13-7-3-2-6-12(13)9-10-16/h2-8,16H,9-10H2,1H3. The van der Waals surface area contributed by atoms with E-state index in [0.29, 0.717) is 12.3 Å². The second kappa shape index (κ2) is 5.46. The molecule has 1 aromatic heterocycles. The van der Waals surface area contributed by atoms with Gasteiger partial charge in [0.15, 0.2) is 0 Å². The molecule has 1 heterocycles. The topological polar surface area (TPSA) is 42.4 Å². The predicted molar refractivity (Wildman–Crippen MR) is 66.3 cm³/mol. The molecule has 88 valence electrons. The lowest BCUT2D eigenvalue weighted by molar-refractivity contribution is 0.297. The smallest absolute Gasteiger partial charge is 0.219 e. The Balaban J connectivity index is 2.23. The van der Waals surface area contributed by atoms with Gasteiger partial charge in [0.25, 0.3) is 0 Å². The zero-order chi connectivity index (χ0) is 12.1. The highest BCUT2D eigenvalue weighted by Gasteiger charge is 2.04. The van der Waals surface area contributed by atoms with E-state index in [1.807, 2.05) is 49.4 Å². The van der Waals surface area contributed by atoms with E-state index in [2.05, 4.69) is 4.98 Å². The van der Waals surface area contributed by atoms with Crippen molar-refractivity contribution in [3.05, 3.63) is 53.7 Å². The third-order valence-corrected chi connectivity index (χ3v) is 2.43. The molecule has 0 saturated carbocycles. The van der Waals surface area contributed by atoms with Gasteiger partial charge in [-0.15, -0.1) is 0 Å². The number of benzene rings is 1. The highest BCUT2D eigenvalue weighted by Crippen LogP contribution is 2.24. The van der Waals surface area contributed by atoms with Crippen LogP contribution in [0.15, 0.2) is 42.5 Å². The van der Waals surface area contributed by atoms with Crippen LogP contribution < -0.4 is 4.74 Å². The normalized spacial score (nSPS) is 10.2. The summed E-state index contributed by atoms with van der Waals surface area (Å²) in [7, 11) is 0. The van der Waals surface area contributed by atoms with Crippen molar-refractivity contribution in [3.8, 4) is 11.6 Å². The Labute approximate surface area is 101 Å². The third kappa shape index (κ3) is 3.04. The molecule has 2 rings (SSSR count). The molecule has 0 spiro atoms. The molecule has 0 bridgehead atoms. The van der Waals surface area contributed by atoms with Gasteiger partial charge in [-0.05, 0) is 31.0 Å². The van der Waals surface area contributed by atoms with E-state index in [1.165, 1.54) is 0 Å². The molecule has 17 heavy (non-hydrogen) atoms. The Hall–Kier alpha value is -1.87. The van der Waals surface area contributed by atoms with E-state index in [0.717, 1.165) is 17.0 Å². The number of hydrogen-bond donors (Lipinski definition) is 1. The number of aliphatic hydroxyl groups excluding tert-OH is 1. The van der Waals surface area contributed by atoms with Crippen molar-refractivity contribution >= 4 is 0 Å². The molecule has 0 aliphatic heterocycles. The monoisotopic (exact) mass is 229 g/mol. The van der Waals surface area contributed by atoms with Gasteiger partial charge in [-0.25, -0.2) is 4.98 Å². The van der Waals surface area contributed by atoms with E-state index in [9.17, 15) is 0 Å². The van der Waals surface area contributed by atoms with E-state index in [4.69, 9.17) is 9.84 Å². The van der Waals surface area contributed by atoms with Crippen LogP contribution in [0, 0.1) is 6.92 Å². The minimum absolute atomic E-state index is 0.113. The van der Waals surface area contributed by atoms with Gasteiger partial charge in [0.05, 0.1) is 0 Å². The van der Waals surface area contributed by atoms with Gasteiger partial charge < -0.3 is 9.84 Å². The molecule has 0 aliphatic carbocycles. The Bertz CT molecular complexity index is 497. The van der Waals surface area contributed by atoms with Gasteiger partial charge in [0, 0.05) is 18.4 Å². The van der Waals surface area contributed by atoms with E-state index >= 15 is 0 Å². The zero-order valence-corrected chi connectivity index (χ0v) is 9.76. The SMILES string of the molecule is Cc1cccc(Oc2ccccc2CCO)n1. The van der Waals surface area contributed by atoms with Gasteiger partial charge >= 0.3 is 0 Å². The Morgan fingerprint density at radius 2 is 1.94 bits per heavy atom. The molecule has 0 radical (unpaired) electrons. The summed E-state index contributed by atoms with van der Waals surface area (Å²) < 4.78 is 5.72. The molecule has 0 atom stereocenters. The molecule has 3 nitrogen and oxygen atoms in total. The number of rotatable bonds is 4. The Kier molecular flexibility index (Phi) is 3.73. The van der Waals surface area contributed by atoms with Crippen LogP contribution in [0.4, 0.5) is 0 Å². The average molecular weight is 229 g/mol. The fraction of sp³-hybridized carbons (Fsp3) is 0.214. The van der Waals surface area contributed by atoms with Gasteiger partial charge in [0.1, 0.15) is 5.75 Å². The fourth-order valence-electron chi connectivity index (χ4n) is 1.62. The van der Waals surface area contributed by atoms with Crippen LogP contribution in [0.3, 0.4) is 0 Å². The van der Waals surface area contributed by atoms with Crippen molar-refractivity contribution in [2.24, 2.45) is 0 Å². The minimum Gasteiger partial charge on any atom is -0.439 e. The van der Waals surface area contributed by atoms with Crippen molar-refractivity contribution < 1.29 is 9.84 Å². The summed E-state index contributed by atoms with van der Waals surface area (Å²) in [5.74, 6) is 1.33. The van der Waals surface area contributed by atoms with Gasteiger partial charge in [0.2, 0.25) is 5.88 Å². The van der Waals surface area contributed by atoms with Crippen LogP contribution in [-0.4, -0.2) is 16.7 Å². The maximum Gasteiger partial charge on any atom is 0.219 e. The highest BCUT2D eigenvalue weighted by atomic mass is 16.5. The number of nitrogens with zero attached hydrogens (tertiary/aromatic N) is 1. The Morgan fingerprint density at radius 3 is 2.71 bits per heavy atom. The van der Waals surface area contributed by atoms with Gasteiger partial charge in [-0.1, -0.05) is 24.3 Å². The molecule has 0 fully saturated rings. The summed E-state index contributed by atoms with van der Waals surface area (Å²) >= 11 is 0. The summed E-state index contributed by atoms with van der Waals surface area (Å²) in [6, 6.07) is 13.3. The first kappa shape index (κ1) is 11.6. The average Bonchev–Trinajstić information content (AvgIpc) is 2.32. The summed E-state index contributed by atoms with van der Waals surface area (Å²) in [4.78, 5) is 4.28. The number of aromatic nitrogens is 1. The van der Waals surface area contributed by atoms with E-state index in [1.54, 1.807) is 0 Å². The summed E-state index contributed by atoms with van der Waals surface area (Å²) in [5.41, 5.74) is 1.90. The largest absolute Gasteiger partial charge is 0.439 e. The molecule has 1 N–H and O–H groups in total. The van der Waals surface area contributed by atoms with Crippen LogP contribution >= 0.6 is 0 Å². The minimum atomic E-state index is 0.113. The molecule has 0 aliphatic rings. The van der Waals surface area contributed by atoms with Crippen LogP contribution in [0.1, 0.15) is 11.3 Å². The fourth-order valence-corrected chi connectivity index (χ4v) is 1.62. The highest BCUT2D eigenvalue weighted by molar-refractivity contribution is 5.36. The van der Waals surface area contributed by atoms with Crippen molar-refractivity contribution in [2.75, 3.05) is 6.61 Å². The number of aliphatic hydroxyl groups is 1. The molecular weight excluding hydrogens is 214 g/mol. The van der Waals surface area contributed by atoms with Crippen LogP contribution in [0.5, 0.6) is 11.6 Å². The van der Waals surface area contributed by atoms with E-state index < -0.39 is 0 Å². The number of hydrogen-bond acceptors (Lipinski definition) is 3. The third-order valence-electron chi connectivity index (χ3n) is 2.43. The molecule has 0 saturated heterocycles. The maximum absolute atomic E-state index is 8.98. The maximum atomic E-state index is 8.98. The van der Waals surface area contributed by atoms with Crippen LogP contribution in [-0.2, 0) is 6.42 Å². The second-order valence-corrected chi connectivity index (χ2v) is 3.80. The lowest BCUT2D eigenvalue weighted by Crippen LogP contribution is -1.96. The first-order valence-electron chi connectivity index (χ1n) is 5.60. The number of aryl methyl sites for hydroxylation is 1. The summed E-state index contributed by atoms with van der Waals surface area (Å²) in [5, 5.41) is 8.98. The first-order chi connectivity index (χ1) is 8.29. The number of ether oxygens (including phenoxy) is 1. The van der Waals surface area contributed by atoms with Crippen LogP contribution in [0.2, 0.25) is 0 Å². The lowest BCUT2D eigenvalue weighted by atomic mass is 10.1. The molecular formula is C14H15NO2.